The highest BCUT2D eigenvalue weighted by Gasteiger charge is 2.33. The average molecular weight is 365 g/mol. The zero-order valence-electron chi connectivity index (χ0n) is 14.7. The second kappa shape index (κ2) is 6.50. The second-order valence-electron chi connectivity index (χ2n) is 6.64. The Morgan fingerprint density at radius 3 is 2.52 bits per heavy atom. The van der Waals surface area contributed by atoms with Crippen LogP contribution in [0.4, 0.5) is 6.01 Å². The highest BCUT2D eigenvalue weighted by molar-refractivity contribution is 5.82. The number of hydrogen-bond donors (Lipinski definition) is 0. The number of rotatable bonds is 2. The molecule has 7 heteroatoms. The van der Waals surface area contributed by atoms with Gasteiger partial charge < -0.3 is 23.7 Å². The van der Waals surface area contributed by atoms with E-state index < -0.39 is 6.10 Å². The lowest BCUT2D eigenvalue weighted by atomic mass is 10.2. The Morgan fingerprint density at radius 1 is 0.963 bits per heavy atom. The van der Waals surface area contributed by atoms with Crippen molar-refractivity contribution < 1.29 is 18.7 Å². The van der Waals surface area contributed by atoms with Gasteiger partial charge in [0, 0.05) is 26.2 Å². The lowest BCUT2D eigenvalue weighted by Crippen LogP contribution is -2.54. The Labute approximate surface area is 156 Å². The van der Waals surface area contributed by atoms with Gasteiger partial charge in [-0.1, -0.05) is 24.3 Å². The first-order valence-corrected chi connectivity index (χ1v) is 9.06. The molecule has 3 aromatic rings. The summed E-state index contributed by atoms with van der Waals surface area (Å²) in [7, 11) is 0. The second-order valence-corrected chi connectivity index (χ2v) is 6.64. The number of amides is 1. The Balaban J connectivity index is 1.23. The number of carbonyl (C=O) groups excluding carboxylic acids is 1. The number of para-hydroxylation sites is 4. The highest BCUT2D eigenvalue weighted by atomic mass is 16.6. The normalized spacial score (nSPS) is 19.3. The maximum atomic E-state index is 12.8. The van der Waals surface area contributed by atoms with Crippen LogP contribution in [0.2, 0.25) is 0 Å². The van der Waals surface area contributed by atoms with E-state index in [-0.39, 0.29) is 12.5 Å². The van der Waals surface area contributed by atoms with E-state index in [4.69, 9.17) is 13.9 Å². The van der Waals surface area contributed by atoms with Crippen LogP contribution in [0.15, 0.2) is 52.9 Å². The molecule has 1 fully saturated rings. The molecule has 3 heterocycles. The van der Waals surface area contributed by atoms with Gasteiger partial charge in [0.1, 0.15) is 12.1 Å². The van der Waals surface area contributed by atoms with Crippen molar-refractivity contribution in [3.63, 3.8) is 0 Å². The van der Waals surface area contributed by atoms with E-state index in [9.17, 15) is 4.79 Å². The number of carbonyl (C=O) groups is 1. The standard InChI is InChI=1S/C20H19N3O4/c24-19(18-13-25-16-7-3-4-8-17(16)26-18)22-9-11-23(12-10-22)20-21-14-5-1-2-6-15(14)27-20/h1-8,18H,9-13H2. The van der Waals surface area contributed by atoms with Crippen LogP contribution >= 0.6 is 0 Å². The first kappa shape index (κ1) is 16.0. The van der Waals surface area contributed by atoms with Crippen LogP contribution in [0.1, 0.15) is 0 Å². The number of benzene rings is 2. The average Bonchev–Trinajstić information content (AvgIpc) is 3.17. The summed E-state index contributed by atoms with van der Waals surface area (Å²) in [6.45, 7) is 2.77. The molecule has 5 rings (SSSR count). The highest BCUT2D eigenvalue weighted by Crippen LogP contribution is 2.31. The molecule has 1 amide bonds. The Bertz CT molecular complexity index is 945. The quantitative estimate of drug-likeness (QED) is 0.694. The molecule has 138 valence electrons. The lowest BCUT2D eigenvalue weighted by Gasteiger charge is -2.36. The van der Waals surface area contributed by atoms with Gasteiger partial charge >= 0.3 is 0 Å². The number of ether oxygens (including phenoxy) is 2. The third-order valence-corrected chi connectivity index (χ3v) is 4.93. The molecule has 1 saturated heterocycles. The summed E-state index contributed by atoms with van der Waals surface area (Å²) in [4.78, 5) is 21.2. The van der Waals surface area contributed by atoms with E-state index in [1.807, 2.05) is 53.4 Å². The summed E-state index contributed by atoms with van der Waals surface area (Å²) in [5, 5.41) is 0. The molecule has 0 saturated carbocycles. The fourth-order valence-electron chi connectivity index (χ4n) is 3.46. The Kier molecular flexibility index (Phi) is 3.85. The van der Waals surface area contributed by atoms with E-state index in [2.05, 4.69) is 9.88 Å². The molecule has 1 unspecified atom stereocenters. The molecule has 0 aliphatic carbocycles. The van der Waals surface area contributed by atoms with Gasteiger partial charge in [-0.25, -0.2) is 0 Å². The summed E-state index contributed by atoms with van der Waals surface area (Å²) in [5.74, 6) is 1.26. The van der Waals surface area contributed by atoms with Crippen LogP contribution in [0, 0.1) is 0 Å². The summed E-state index contributed by atoms with van der Waals surface area (Å²) >= 11 is 0. The molecule has 7 nitrogen and oxygen atoms in total. The zero-order chi connectivity index (χ0) is 18.2. The number of nitrogens with zero attached hydrogens (tertiary/aromatic N) is 3. The van der Waals surface area contributed by atoms with E-state index in [0.717, 1.165) is 11.1 Å². The fraction of sp³-hybridized carbons (Fsp3) is 0.300. The van der Waals surface area contributed by atoms with Crippen LogP contribution < -0.4 is 14.4 Å². The number of piperazine rings is 1. The maximum Gasteiger partial charge on any atom is 0.298 e. The third kappa shape index (κ3) is 2.95. The number of oxazole rings is 1. The van der Waals surface area contributed by atoms with Gasteiger partial charge in [0.15, 0.2) is 17.1 Å². The van der Waals surface area contributed by atoms with Crippen LogP contribution in [0.25, 0.3) is 11.1 Å². The summed E-state index contributed by atoms with van der Waals surface area (Å²) in [6.07, 6.45) is -0.601. The monoisotopic (exact) mass is 365 g/mol. The van der Waals surface area contributed by atoms with Gasteiger partial charge in [-0.3, -0.25) is 4.79 Å². The van der Waals surface area contributed by atoms with Crippen molar-refractivity contribution in [3.05, 3.63) is 48.5 Å². The predicted molar refractivity (Wildman–Crippen MR) is 99.2 cm³/mol. The van der Waals surface area contributed by atoms with Crippen LogP contribution in [0.5, 0.6) is 11.5 Å². The van der Waals surface area contributed by atoms with E-state index in [1.54, 1.807) is 0 Å². The summed E-state index contributed by atoms with van der Waals surface area (Å²) < 4.78 is 17.3. The molecular formula is C20H19N3O4. The first-order chi connectivity index (χ1) is 13.3. The van der Waals surface area contributed by atoms with Gasteiger partial charge in [0.05, 0.1) is 0 Å². The number of hydrogen-bond acceptors (Lipinski definition) is 6. The van der Waals surface area contributed by atoms with E-state index in [0.29, 0.717) is 43.7 Å². The Hall–Kier alpha value is -3.22. The molecule has 2 aliphatic heterocycles. The number of aromatic nitrogens is 1. The molecule has 0 bridgehead atoms. The molecule has 0 spiro atoms. The number of fused-ring (bicyclic) bond motifs is 2. The van der Waals surface area contributed by atoms with Crippen molar-refractivity contribution in [2.45, 2.75) is 6.10 Å². The van der Waals surface area contributed by atoms with E-state index in [1.165, 1.54) is 0 Å². The van der Waals surface area contributed by atoms with Crippen LogP contribution in [0.3, 0.4) is 0 Å². The minimum absolute atomic E-state index is 0.0401. The molecule has 2 aromatic carbocycles. The van der Waals surface area contributed by atoms with Crippen molar-refractivity contribution in [2.75, 3.05) is 37.7 Å². The first-order valence-electron chi connectivity index (χ1n) is 9.06. The molecule has 1 atom stereocenters. The zero-order valence-corrected chi connectivity index (χ0v) is 14.7. The molecular weight excluding hydrogens is 346 g/mol. The SMILES string of the molecule is O=C(C1COc2ccccc2O1)N1CCN(c2nc3ccccc3o2)CC1. The molecule has 27 heavy (non-hydrogen) atoms. The van der Waals surface area contributed by atoms with Gasteiger partial charge in [-0.05, 0) is 24.3 Å². The van der Waals surface area contributed by atoms with Crippen LogP contribution in [-0.2, 0) is 4.79 Å². The van der Waals surface area contributed by atoms with Crippen molar-refractivity contribution in [1.82, 2.24) is 9.88 Å². The molecule has 2 aliphatic rings. The minimum atomic E-state index is -0.601. The maximum absolute atomic E-state index is 12.8. The Morgan fingerprint density at radius 2 is 1.70 bits per heavy atom. The molecule has 0 N–H and O–H groups in total. The van der Waals surface area contributed by atoms with Crippen molar-refractivity contribution in [1.29, 1.82) is 0 Å². The van der Waals surface area contributed by atoms with Crippen molar-refractivity contribution in [3.8, 4) is 11.5 Å². The lowest BCUT2D eigenvalue weighted by molar-refractivity contribution is -0.141. The largest absolute Gasteiger partial charge is 0.485 e. The topological polar surface area (TPSA) is 68.0 Å². The molecule has 1 aromatic heterocycles. The number of anilines is 1. The fourth-order valence-corrected chi connectivity index (χ4v) is 3.46. The van der Waals surface area contributed by atoms with E-state index >= 15 is 0 Å². The third-order valence-electron chi connectivity index (χ3n) is 4.93. The predicted octanol–water partition coefficient (Wildman–Crippen LogP) is 2.32. The van der Waals surface area contributed by atoms with Crippen LogP contribution in [-0.4, -0.2) is 54.7 Å². The van der Waals surface area contributed by atoms with Crippen molar-refractivity contribution in [2.24, 2.45) is 0 Å². The summed E-state index contributed by atoms with van der Waals surface area (Å²) in [6, 6.07) is 15.7. The van der Waals surface area contributed by atoms with Crippen molar-refractivity contribution >= 4 is 23.0 Å². The van der Waals surface area contributed by atoms with Gasteiger partial charge in [-0.15, -0.1) is 0 Å². The van der Waals surface area contributed by atoms with Gasteiger partial charge in [0.2, 0.25) is 6.10 Å². The van der Waals surface area contributed by atoms with Gasteiger partial charge in [-0.2, -0.15) is 4.98 Å². The molecule has 0 radical (unpaired) electrons. The summed E-state index contributed by atoms with van der Waals surface area (Å²) in [5.41, 5.74) is 1.62. The minimum Gasteiger partial charge on any atom is -0.485 e. The van der Waals surface area contributed by atoms with Gasteiger partial charge in [0.25, 0.3) is 11.9 Å². The smallest absolute Gasteiger partial charge is 0.298 e.